The maximum absolute atomic E-state index is 12.5. The summed E-state index contributed by atoms with van der Waals surface area (Å²) in [6.07, 6.45) is -5.41. The van der Waals surface area contributed by atoms with Crippen LogP contribution in [0.1, 0.15) is 33.6 Å². The van der Waals surface area contributed by atoms with E-state index in [-0.39, 0.29) is 6.42 Å². The minimum absolute atomic E-state index is 0.185. The molecule has 106 valence electrons. The lowest BCUT2D eigenvalue weighted by atomic mass is 9.98. The van der Waals surface area contributed by atoms with Crippen molar-refractivity contribution in [3.05, 3.63) is 0 Å². The van der Waals surface area contributed by atoms with Crippen molar-refractivity contribution in [2.24, 2.45) is 0 Å². The van der Waals surface area contributed by atoms with Crippen molar-refractivity contribution in [1.82, 2.24) is 5.32 Å². The Hall–Kier alpha value is -0.820. The van der Waals surface area contributed by atoms with Crippen LogP contribution in [0.15, 0.2) is 0 Å². The van der Waals surface area contributed by atoms with Crippen molar-refractivity contribution < 1.29 is 27.8 Å². The summed E-state index contributed by atoms with van der Waals surface area (Å²) < 4.78 is 42.6. The number of ether oxygens (including phenoxy) is 1. The second-order valence-corrected chi connectivity index (χ2v) is 5.60. The van der Waals surface area contributed by atoms with Crippen molar-refractivity contribution >= 4 is 5.97 Å². The predicted molar refractivity (Wildman–Crippen MR) is 57.9 cm³/mol. The highest BCUT2D eigenvalue weighted by molar-refractivity contribution is 5.70. The van der Waals surface area contributed by atoms with Crippen molar-refractivity contribution in [2.45, 2.75) is 57.0 Å². The third-order valence-corrected chi connectivity index (χ3v) is 2.63. The van der Waals surface area contributed by atoms with Gasteiger partial charge in [-0.05, 0) is 20.8 Å². The first kappa shape index (κ1) is 15.2. The fourth-order valence-corrected chi connectivity index (χ4v) is 1.81. The van der Waals surface area contributed by atoms with E-state index in [0.717, 1.165) is 0 Å². The molecule has 0 amide bonds. The van der Waals surface area contributed by atoms with Gasteiger partial charge in [-0.25, -0.2) is 0 Å². The summed E-state index contributed by atoms with van der Waals surface area (Å²) in [6, 6.07) is -0.716. The maximum Gasteiger partial charge on any atom is 0.418 e. The zero-order valence-electron chi connectivity index (χ0n) is 10.6. The Morgan fingerprint density at radius 2 is 2.00 bits per heavy atom. The lowest BCUT2D eigenvalue weighted by Gasteiger charge is -2.25. The number of esters is 1. The van der Waals surface area contributed by atoms with Crippen LogP contribution < -0.4 is 5.32 Å². The number of hydrogen-bond acceptors (Lipinski definition) is 4. The fourth-order valence-electron chi connectivity index (χ4n) is 1.81. The first-order valence-electron chi connectivity index (χ1n) is 5.67. The number of carbonyl (C=O) groups excluding carboxylic acids is 1. The van der Waals surface area contributed by atoms with Gasteiger partial charge in [-0.1, -0.05) is 0 Å². The van der Waals surface area contributed by atoms with Gasteiger partial charge in [0.05, 0.1) is 6.42 Å². The van der Waals surface area contributed by atoms with Gasteiger partial charge in [-0.3, -0.25) is 4.79 Å². The van der Waals surface area contributed by atoms with Crippen LogP contribution in [0.25, 0.3) is 0 Å². The molecule has 18 heavy (non-hydrogen) atoms. The average Bonchev–Trinajstić information content (AvgIpc) is 2.43. The fraction of sp³-hybridized carbons (Fsp3) is 0.909. The Balaban J connectivity index is 2.51. The molecular weight excluding hydrogens is 251 g/mol. The van der Waals surface area contributed by atoms with Crippen molar-refractivity contribution in [3.8, 4) is 0 Å². The molecule has 0 aromatic carbocycles. The van der Waals surface area contributed by atoms with Crippen LogP contribution >= 0.6 is 0 Å². The zero-order chi connectivity index (χ0) is 14.2. The third-order valence-electron chi connectivity index (χ3n) is 2.63. The molecule has 1 saturated heterocycles. The lowest BCUT2D eigenvalue weighted by molar-refractivity contribution is -0.252. The van der Waals surface area contributed by atoms with Gasteiger partial charge in [-0.2, -0.15) is 13.2 Å². The molecule has 1 aliphatic rings. The van der Waals surface area contributed by atoms with E-state index in [4.69, 9.17) is 4.74 Å². The second kappa shape index (κ2) is 4.70. The number of halogens is 3. The van der Waals surface area contributed by atoms with Crippen LogP contribution in [0.3, 0.4) is 0 Å². The van der Waals surface area contributed by atoms with E-state index in [1.165, 1.54) is 0 Å². The lowest BCUT2D eigenvalue weighted by Crippen LogP contribution is -2.46. The molecule has 0 aliphatic carbocycles. The Morgan fingerprint density at radius 3 is 2.39 bits per heavy atom. The minimum Gasteiger partial charge on any atom is -0.460 e. The van der Waals surface area contributed by atoms with Gasteiger partial charge in [0, 0.05) is 19.0 Å². The molecule has 1 fully saturated rings. The largest absolute Gasteiger partial charge is 0.460 e. The molecule has 0 spiro atoms. The summed E-state index contributed by atoms with van der Waals surface area (Å²) in [5.41, 5.74) is -3.42. The monoisotopic (exact) mass is 269 g/mol. The standard InChI is InChI=1S/C11H18F3NO3/c1-9(2,3)18-8(16)4-7-5-10(17,6-15-7)11(12,13)14/h7,15,17H,4-6H2,1-3H3. The Bertz CT molecular complexity index is 324. The molecule has 0 radical (unpaired) electrons. The summed E-state index contributed by atoms with van der Waals surface area (Å²) >= 11 is 0. The van der Waals surface area contributed by atoms with E-state index in [9.17, 15) is 23.1 Å². The molecule has 0 aromatic heterocycles. The van der Waals surface area contributed by atoms with Gasteiger partial charge in [-0.15, -0.1) is 0 Å². The maximum atomic E-state index is 12.5. The van der Waals surface area contributed by atoms with Crippen LogP contribution in [0.2, 0.25) is 0 Å². The summed E-state index contributed by atoms with van der Waals surface area (Å²) in [5, 5.41) is 11.9. The van der Waals surface area contributed by atoms with Gasteiger partial charge in [0.15, 0.2) is 5.60 Å². The number of rotatable bonds is 2. The van der Waals surface area contributed by atoms with E-state index >= 15 is 0 Å². The van der Waals surface area contributed by atoms with Gasteiger partial charge < -0.3 is 15.2 Å². The Kier molecular flexibility index (Phi) is 3.97. The topological polar surface area (TPSA) is 58.6 Å². The number of carbonyl (C=O) groups is 1. The number of alkyl halides is 3. The minimum atomic E-state index is -4.69. The SMILES string of the molecule is CC(C)(C)OC(=O)CC1CC(O)(C(F)(F)F)CN1. The highest BCUT2D eigenvalue weighted by Crippen LogP contribution is 2.37. The van der Waals surface area contributed by atoms with E-state index in [0.29, 0.717) is 0 Å². The van der Waals surface area contributed by atoms with Gasteiger partial charge in [0.2, 0.25) is 0 Å². The van der Waals surface area contributed by atoms with Crippen LogP contribution in [0.5, 0.6) is 0 Å². The van der Waals surface area contributed by atoms with E-state index in [1.54, 1.807) is 20.8 Å². The van der Waals surface area contributed by atoms with Crippen LogP contribution in [-0.4, -0.2) is 41.0 Å². The molecule has 4 nitrogen and oxygen atoms in total. The summed E-state index contributed by atoms with van der Waals surface area (Å²) in [6.45, 7) is 4.45. The average molecular weight is 269 g/mol. The smallest absolute Gasteiger partial charge is 0.418 e. The highest BCUT2D eigenvalue weighted by atomic mass is 19.4. The highest BCUT2D eigenvalue weighted by Gasteiger charge is 2.57. The molecule has 2 N–H and O–H groups in total. The van der Waals surface area contributed by atoms with Gasteiger partial charge >= 0.3 is 12.1 Å². The Morgan fingerprint density at radius 1 is 1.44 bits per heavy atom. The first-order valence-corrected chi connectivity index (χ1v) is 5.67. The second-order valence-electron chi connectivity index (χ2n) is 5.60. The van der Waals surface area contributed by atoms with Crippen LogP contribution in [-0.2, 0) is 9.53 Å². The number of nitrogens with one attached hydrogen (secondary N) is 1. The van der Waals surface area contributed by atoms with Crippen LogP contribution in [0, 0.1) is 0 Å². The quantitative estimate of drug-likeness (QED) is 0.743. The zero-order valence-corrected chi connectivity index (χ0v) is 10.6. The van der Waals surface area contributed by atoms with Crippen molar-refractivity contribution in [1.29, 1.82) is 0 Å². The first-order chi connectivity index (χ1) is 7.93. The van der Waals surface area contributed by atoms with E-state index in [2.05, 4.69) is 5.32 Å². The van der Waals surface area contributed by atoms with Crippen molar-refractivity contribution in [3.63, 3.8) is 0 Å². The van der Waals surface area contributed by atoms with Gasteiger partial charge in [0.25, 0.3) is 0 Å². The van der Waals surface area contributed by atoms with Gasteiger partial charge in [0.1, 0.15) is 5.60 Å². The summed E-state index contributed by atoms with van der Waals surface area (Å²) in [5.74, 6) is -0.577. The molecule has 0 aromatic rings. The molecule has 1 heterocycles. The molecule has 1 rings (SSSR count). The van der Waals surface area contributed by atoms with E-state index < -0.39 is 42.4 Å². The molecule has 7 heteroatoms. The molecule has 2 atom stereocenters. The predicted octanol–water partition coefficient (Wildman–Crippen LogP) is 1.37. The molecule has 0 bridgehead atoms. The normalized spacial score (nSPS) is 29.4. The summed E-state index contributed by atoms with van der Waals surface area (Å²) in [7, 11) is 0. The number of hydrogen-bond donors (Lipinski definition) is 2. The molecular formula is C11H18F3NO3. The van der Waals surface area contributed by atoms with Crippen molar-refractivity contribution in [2.75, 3.05) is 6.54 Å². The Labute approximate surface area is 103 Å². The third kappa shape index (κ3) is 3.84. The summed E-state index contributed by atoms with van der Waals surface area (Å²) in [4.78, 5) is 11.5. The molecule has 2 unspecified atom stereocenters. The number of aliphatic hydroxyl groups is 1. The van der Waals surface area contributed by atoms with Crippen LogP contribution in [0.4, 0.5) is 13.2 Å². The molecule has 0 saturated carbocycles. The number of β-amino-alcohol motifs (C(OH)–C–C–N with tert-alkyl or cyclic N) is 1. The molecule has 1 aliphatic heterocycles. The van der Waals surface area contributed by atoms with E-state index in [1.807, 2.05) is 0 Å².